The molecule has 1 fully saturated rings. The Labute approximate surface area is 135 Å². The fourth-order valence-corrected chi connectivity index (χ4v) is 2.55. The van der Waals surface area contributed by atoms with Gasteiger partial charge >= 0.3 is 6.18 Å². The number of amides is 1. The summed E-state index contributed by atoms with van der Waals surface area (Å²) in [6.07, 6.45) is -3.90. The Balaban J connectivity index is 2.02. The van der Waals surface area contributed by atoms with Crippen molar-refractivity contribution in [3.63, 3.8) is 0 Å². The molecule has 0 unspecified atom stereocenters. The quantitative estimate of drug-likeness (QED) is 0.857. The van der Waals surface area contributed by atoms with Crippen molar-refractivity contribution in [1.82, 2.24) is 14.3 Å². The van der Waals surface area contributed by atoms with E-state index >= 15 is 0 Å². The summed E-state index contributed by atoms with van der Waals surface area (Å²) in [6, 6.07) is 3.09. The molecule has 0 N–H and O–H groups in total. The highest BCUT2D eigenvalue weighted by Crippen LogP contribution is 2.32. The average Bonchev–Trinajstić information content (AvgIpc) is 3.12. The number of aryl methyl sites for hydroxylation is 1. The standard InChI is InChI=1S/C15H16F3N3O3/c1-9-3-4-10-19-13(15(16,17)18)12(21(10)7-9)14(22)20(2)8-11-23-5-6-24-11/h3-4,7,11H,5-6,8H2,1-2H3. The van der Waals surface area contributed by atoms with Crippen LogP contribution in [-0.4, -0.2) is 53.3 Å². The molecule has 0 atom stereocenters. The lowest BCUT2D eigenvalue weighted by atomic mass is 10.2. The third kappa shape index (κ3) is 3.09. The summed E-state index contributed by atoms with van der Waals surface area (Å²) in [7, 11) is 1.41. The van der Waals surface area contributed by atoms with Crippen molar-refractivity contribution in [3.05, 3.63) is 35.3 Å². The van der Waals surface area contributed by atoms with Crippen LogP contribution >= 0.6 is 0 Å². The van der Waals surface area contributed by atoms with Crippen LogP contribution in [0.1, 0.15) is 21.7 Å². The normalized spacial score (nSPS) is 16.0. The van der Waals surface area contributed by atoms with Crippen molar-refractivity contribution in [2.75, 3.05) is 26.8 Å². The van der Waals surface area contributed by atoms with Crippen LogP contribution in [0.2, 0.25) is 0 Å². The van der Waals surface area contributed by atoms with Gasteiger partial charge in [0.25, 0.3) is 5.91 Å². The smallest absolute Gasteiger partial charge is 0.348 e. The minimum Gasteiger partial charge on any atom is -0.348 e. The first-order valence-corrected chi connectivity index (χ1v) is 7.32. The van der Waals surface area contributed by atoms with E-state index in [9.17, 15) is 18.0 Å². The van der Waals surface area contributed by atoms with Gasteiger partial charge in [-0.05, 0) is 18.6 Å². The number of aromatic nitrogens is 2. The highest BCUT2D eigenvalue weighted by Gasteiger charge is 2.41. The number of halogens is 3. The Hall–Kier alpha value is -2.13. The molecule has 0 aliphatic carbocycles. The Bertz CT molecular complexity index is 766. The second kappa shape index (κ2) is 6.06. The number of carbonyl (C=O) groups is 1. The molecule has 6 nitrogen and oxygen atoms in total. The van der Waals surface area contributed by atoms with Gasteiger partial charge < -0.3 is 14.4 Å². The molecule has 3 rings (SSSR count). The lowest BCUT2D eigenvalue weighted by Gasteiger charge is -2.21. The summed E-state index contributed by atoms with van der Waals surface area (Å²) in [5, 5.41) is 0. The molecular formula is C15H16F3N3O3. The van der Waals surface area contributed by atoms with Gasteiger partial charge in [0.05, 0.1) is 19.8 Å². The molecule has 0 saturated carbocycles. The van der Waals surface area contributed by atoms with E-state index in [2.05, 4.69) is 4.98 Å². The Morgan fingerprint density at radius 3 is 2.67 bits per heavy atom. The van der Waals surface area contributed by atoms with Crippen molar-refractivity contribution < 1.29 is 27.4 Å². The van der Waals surface area contributed by atoms with E-state index in [4.69, 9.17) is 9.47 Å². The summed E-state index contributed by atoms with van der Waals surface area (Å²) in [6.45, 7) is 2.56. The van der Waals surface area contributed by atoms with Crippen LogP contribution in [0.15, 0.2) is 18.3 Å². The first-order valence-electron chi connectivity index (χ1n) is 7.32. The lowest BCUT2D eigenvalue weighted by molar-refractivity contribution is -0.141. The number of carbonyl (C=O) groups excluding carboxylic acids is 1. The average molecular weight is 343 g/mol. The van der Waals surface area contributed by atoms with Gasteiger partial charge in [-0.1, -0.05) is 6.07 Å². The second-order valence-corrected chi connectivity index (χ2v) is 5.60. The SMILES string of the molecule is Cc1ccc2nc(C(F)(F)F)c(C(=O)N(C)CC3OCCO3)n2c1. The number of alkyl halides is 3. The summed E-state index contributed by atoms with van der Waals surface area (Å²) >= 11 is 0. The highest BCUT2D eigenvalue weighted by atomic mass is 19.4. The number of hydrogen-bond donors (Lipinski definition) is 0. The van der Waals surface area contributed by atoms with Gasteiger partial charge in [-0.2, -0.15) is 13.2 Å². The maximum atomic E-state index is 13.3. The molecule has 0 aromatic carbocycles. The number of nitrogens with zero attached hydrogens (tertiary/aromatic N) is 3. The third-order valence-corrected chi connectivity index (χ3v) is 3.70. The van der Waals surface area contributed by atoms with Gasteiger partial charge in [0.1, 0.15) is 11.3 Å². The van der Waals surface area contributed by atoms with Gasteiger partial charge in [0.15, 0.2) is 12.0 Å². The summed E-state index contributed by atoms with van der Waals surface area (Å²) in [5.41, 5.74) is -0.925. The summed E-state index contributed by atoms with van der Waals surface area (Å²) < 4.78 is 51.6. The van der Waals surface area contributed by atoms with Crippen LogP contribution in [-0.2, 0) is 15.7 Å². The first-order chi connectivity index (χ1) is 11.3. The number of pyridine rings is 1. The molecule has 2 aromatic rings. The molecule has 0 bridgehead atoms. The number of imidazole rings is 1. The molecule has 0 radical (unpaired) electrons. The van der Waals surface area contributed by atoms with Crippen LogP contribution < -0.4 is 0 Å². The monoisotopic (exact) mass is 343 g/mol. The van der Waals surface area contributed by atoms with E-state index in [1.165, 1.54) is 23.7 Å². The van der Waals surface area contributed by atoms with Crippen molar-refractivity contribution >= 4 is 11.6 Å². The van der Waals surface area contributed by atoms with Crippen molar-refractivity contribution in [1.29, 1.82) is 0 Å². The maximum Gasteiger partial charge on any atom is 0.435 e. The van der Waals surface area contributed by atoms with E-state index in [-0.39, 0.29) is 12.2 Å². The largest absolute Gasteiger partial charge is 0.435 e. The molecule has 0 spiro atoms. The minimum absolute atomic E-state index is 0.0369. The minimum atomic E-state index is -4.73. The van der Waals surface area contributed by atoms with Gasteiger partial charge in [-0.3, -0.25) is 9.20 Å². The van der Waals surface area contributed by atoms with Crippen LogP contribution in [0.4, 0.5) is 13.2 Å². The van der Waals surface area contributed by atoms with E-state index < -0.39 is 29.8 Å². The predicted molar refractivity (Wildman–Crippen MR) is 77.6 cm³/mol. The molecule has 1 saturated heterocycles. The Kier molecular flexibility index (Phi) is 4.22. The number of hydrogen-bond acceptors (Lipinski definition) is 4. The summed E-state index contributed by atoms with van der Waals surface area (Å²) in [5.74, 6) is -0.792. The molecule has 1 aliphatic rings. The lowest BCUT2D eigenvalue weighted by Crippen LogP contribution is -2.36. The van der Waals surface area contributed by atoms with Gasteiger partial charge in [-0.15, -0.1) is 0 Å². The topological polar surface area (TPSA) is 56.1 Å². The molecule has 1 amide bonds. The van der Waals surface area contributed by atoms with Crippen molar-refractivity contribution in [2.45, 2.75) is 19.4 Å². The number of rotatable bonds is 3. The van der Waals surface area contributed by atoms with E-state index in [1.807, 2.05) is 0 Å². The molecule has 130 valence electrons. The fourth-order valence-electron chi connectivity index (χ4n) is 2.55. The number of ether oxygens (including phenoxy) is 2. The van der Waals surface area contributed by atoms with Crippen LogP contribution in [0, 0.1) is 6.92 Å². The van der Waals surface area contributed by atoms with E-state index in [0.717, 1.165) is 4.90 Å². The zero-order chi connectivity index (χ0) is 17.5. The number of likely N-dealkylation sites (N-methyl/N-ethyl adjacent to an activating group) is 1. The molecule has 9 heteroatoms. The van der Waals surface area contributed by atoms with Crippen molar-refractivity contribution in [3.8, 4) is 0 Å². The number of fused-ring (bicyclic) bond motifs is 1. The Morgan fingerprint density at radius 2 is 2.04 bits per heavy atom. The van der Waals surface area contributed by atoms with Crippen molar-refractivity contribution in [2.24, 2.45) is 0 Å². The van der Waals surface area contributed by atoms with E-state index in [0.29, 0.717) is 18.8 Å². The second-order valence-electron chi connectivity index (χ2n) is 5.60. The maximum absolute atomic E-state index is 13.3. The molecule has 1 aliphatic heterocycles. The molecular weight excluding hydrogens is 327 g/mol. The van der Waals surface area contributed by atoms with Gasteiger partial charge in [0, 0.05) is 13.2 Å². The predicted octanol–water partition coefficient (Wildman–Crippen LogP) is 2.11. The highest BCUT2D eigenvalue weighted by molar-refractivity contribution is 5.94. The van der Waals surface area contributed by atoms with Crippen LogP contribution in [0.5, 0.6) is 0 Å². The zero-order valence-electron chi connectivity index (χ0n) is 13.1. The van der Waals surface area contributed by atoms with Crippen LogP contribution in [0.3, 0.4) is 0 Å². The molecule has 2 aromatic heterocycles. The first kappa shape index (κ1) is 16.7. The third-order valence-electron chi connectivity index (χ3n) is 3.70. The summed E-state index contributed by atoms with van der Waals surface area (Å²) in [4.78, 5) is 17.4. The fraction of sp³-hybridized carbons (Fsp3) is 0.467. The van der Waals surface area contributed by atoms with Gasteiger partial charge in [0.2, 0.25) is 0 Å². The van der Waals surface area contributed by atoms with Gasteiger partial charge in [-0.25, -0.2) is 4.98 Å². The molecule has 24 heavy (non-hydrogen) atoms. The Morgan fingerprint density at radius 1 is 1.38 bits per heavy atom. The van der Waals surface area contributed by atoms with E-state index in [1.54, 1.807) is 13.0 Å². The molecule has 3 heterocycles. The van der Waals surface area contributed by atoms with Crippen LogP contribution in [0.25, 0.3) is 5.65 Å². The zero-order valence-corrected chi connectivity index (χ0v) is 13.1.